The Hall–Kier alpha value is -3.56. The maximum Gasteiger partial charge on any atom is 0.256 e. The van der Waals surface area contributed by atoms with Crippen molar-refractivity contribution in [2.45, 2.75) is 44.6 Å². The Balaban J connectivity index is 1.17. The fraction of sp³-hybridized carbons (Fsp3) is 0.448. The summed E-state index contributed by atoms with van der Waals surface area (Å²) in [5.74, 6) is 2.01. The minimum Gasteiger partial charge on any atom is -0.379 e. The largest absolute Gasteiger partial charge is 0.379 e. The first kappa shape index (κ1) is 23.5. The molecule has 4 aromatic rings. The number of imidazole rings is 1. The summed E-state index contributed by atoms with van der Waals surface area (Å²) in [6.45, 7) is 7.15. The lowest BCUT2D eigenvalue weighted by molar-refractivity contribution is 0.00161. The molecule has 1 aliphatic carbocycles. The van der Waals surface area contributed by atoms with Gasteiger partial charge in [0.2, 0.25) is 5.95 Å². The van der Waals surface area contributed by atoms with Crippen molar-refractivity contribution >= 4 is 39.5 Å². The molecule has 2 aromatic carbocycles. The van der Waals surface area contributed by atoms with E-state index in [2.05, 4.69) is 20.2 Å². The molecule has 1 amide bonds. The van der Waals surface area contributed by atoms with Crippen LogP contribution in [0.1, 0.15) is 53.3 Å². The van der Waals surface area contributed by atoms with E-state index in [4.69, 9.17) is 14.7 Å². The lowest BCUT2D eigenvalue weighted by atomic mass is 10.0. The van der Waals surface area contributed by atoms with Gasteiger partial charge in [-0.15, -0.1) is 0 Å². The van der Waals surface area contributed by atoms with Crippen LogP contribution in [-0.4, -0.2) is 81.1 Å². The zero-order chi connectivity index (χ0) is 25.6. The number of aromatic amines is 1. The van der Waals surface area contributed by atoms with Crippen LogP contribution in [0.3, 0.4) is 0 Å². The average molecular weight is 512 g/mol. The molecule has 0 spiro atoms. The van der Waals surface area contributed by atoms with Gasteiger partial charge in [-0.1, -0.05) is 18.2 Å². The van der Waals surface area contributed by atoms with Crippen molar-refractivity contribution in [3.05, 3.63) is 53.5 Å². The van der Waals surface area contributed by atoms with Gasteiger partial charge in [0.1, 0.15) is 11.3 Å². The quantitative estimate of drug-likeness (QED) is 0.410. The number of aromatic nitrogens is 4. The highest BCUT2D eigenvalue weighted by atomic mass is 16.5. The normalized spacial score (nSPS) is 19.3. The van der Waals surface area contributed by atoms with Crippen LogP contribution in [0.2, 0.25) is 0 Å². The van der Waals surface area contributed by atoms with Gasteiger partial charge in [-0.25, -0.2) is 15.0 Å². The van der Waals surface area contributed by atoms with Crippen LogP contribution in [-0.2, 0) is 4.74 Å². The molecule has 196 valence electrons. The molecule has 2 saturated heterocycles. The number of nitrogens with zero attached hydrogens (tertiary/aromatic N) is 5. The number of rotatable bonds is 5. The molecular weight excluding hydrogens is 478 g/mol. The molecule has 2 N–H and O–H groups in total. The van der Waals surface area contributed by atoms with E-state index < -0.39 is 0 Å². The zero-order valence-corrected chi connectivity index (χ0v) is 21.7. The number of piperidine rings is 1. The van der Waals surface area contributed by atoms with Gasteiger partial charge in [0, 0.05) is 55.4 Å². The molecule has 3 fully saturated rings. The summed E-state index contributed by atoms with van der Waals surface area (Å²) in [5, 5.41) is 4.36. The summed E-state index contributed by atoms with van der Waals surface area (Å²) >= 11 is 0. The van der Waals surface area contributed by atoms with Crippen molar-refractivity contribution in [2.24, 2.45) is 0 Å². The van der Waals surface area contributed by atoms with Gasteiger partial charge in [-0.05, 0) is 50.3 Å². The number of fused-ring (bicyclic) bond motifs is 2. The molecular formula is C29H33N7O2. The smallest absolute Gasteiger partial charge is 0.256 e. The Labute approximate surface area is 221 Å². The third kappa shape index (κ3) is 4.50. The summed E-state index contributed by atoms with van der Waals surface area (Å²) in [6, 6.07) is 10.5. The van der Waals surface area contributed by atoms with Gasteiger partial charge in [0.05, 0.1) is 29.8 Å². The monoisotopic (exact) mass is 511 g/mol. The van der Waals surface area contributed by atoms with Crippen molar-refractivity contribution in [2.75, 3.05) is 44.7 Å². The summed E-state index contributed by atoms with van der Waals surface area (Å²) in [4.78, 5) is 36.1. The third-order valence-electron chi connectivity index (χ3n) is 8.18. The number of morpholine rings is 1. The van der Waals surface area contributed by atoms with Crippen molar-refractivity contribution in [3.63, 3.8) is 0 Å². The highest BCUT2D eigenvalue weighted by Gasteiger charge is 2.31. The SMILES string of the molecule is Cc1cccc2cnc(Nc3cc(C(=O)N4CCC(N5CCOCC5)CC4)c4nc(C5CC5)[nH]c4c3)nc12. The molecule has 0 bridgehead atoms. The molecule has 4 heterocycles. The number of hydrogen-bond acceptors (Lipinski definition) is 7. The average Bonchev–Trinajstić information content (AvgIpc) is 3.72. The first-order valence-corrected chi connectivity index (χ1v) is 13.8. The number of likely N-dealkylation sites (tertiary alicyclic amines) is 1. The molecule has 38 heavy (non-hydrogen) atoms. The predicted octanol–water partition coefficient (Wildman–Crippen LogP) is 4.37. The first-order chi connectivity index (χ1) is 18.6. The van der Waals surface area contributed by atoms with E-state index in [1.165, 1.54) is 0 Å². The van der Waals surface area contributed by atoms with E-state index in [-0.39, 0.29) is 5.91 Å². The van der Waals surface area contributed by atoms with Crippen LogP contribution < -0.4 is 5.32 Å². The first-order valence-electron chi connectivity index (χ1n) is 13.8. The topological polar surface area (TPSA) is 99.3 Å². The van der Waals surface area contributed by atoms with Crippen LogP contribution in [0.25, 0.3) is 21.9 Å². The van der Waals surface area contributed by atoms with E-state index in [1.807, 2.05) is 48.4 Å². The highest BCUT2D eigenvalue weighted by molar-refractivity contribution is 6.06. The van der Waals surface area contributed by atoms with Gasteiger partial charge in [0.15, 0.2) is 0 Å². The number of H-pyrrole nitrogens is 1. The highest BCUT2D eigenvalue weighted by Crippen LogP contribution is 2.40. The maximum atomic E-state index is 13.9. The molecule has 0 unspecified atom stereocenters. The van der Waals surface area contributed by atoms with Crippen LogP contribution in [0.5, 0.6) is 0 Å². The zero-order valence-electron chi connectivity index (χ0n) is 21.7. The lowest BCUT2D eigenvalue weighted by Gasteiger charge is -2.40. The van der Waals surface area contributed by atoms with E-state index in [1.54, 1.807) is 0 Å². The molecule has 2 aromatic heterocycles. The predicted molar refractivity (Wildman–Crippen MR) is 147 cm³/mol. The number of para-hydroxylation sites is 1. The van der Waals surface area contributed by atoms with Crippen molar-refractivity contribution in [1.29, 1.82) is 0 Å². The number of anilines is 2. The third-order valence-corrected chi connectivity index (χ3v) is 8.18. The number of ether oxygens (including phenoxy) is 1. The minimum absolute atomic E-state index is 0.0446. The van der Waals surface area contributed by atoms with Crippen LogP contribution in [0.15, 0.2) is 36.5 Å². The summed E-state index contributed by atoms with van der Waals surface area (Å²) in [6.07, 6.45) is 6.11. The molecule has 2 aliphatic heterocycles. The number of amides is 1. The van der Waals surface area contributed by atoms with E-state index in [9.17, 15) is 4.79 Å². The van der Waals surface area contributed by atoms with Crippen molar-refractivity contribution < 1.29 is 9.53 Å². The Kier molecular flexibility index (Phi) is 5.97. The second kappa shape index (κ2) is 9.63. The van der Waals surface area contributed by atoms with E-state index in [0.717, 1.165) is 104 Å². The van der Waals surface area contributed by atoms with Gasteiger partial charge in [0.25, 0.3) is 5.91 Å². The Morgan fingerprint density at radius 3 is 2.63 bits per heavy atom. The fourth-order valence-electron chi connectivity index (χ4n) is 5.86. The van der Waals surface area contributed by atoms with Crippen molar-refractivity contribution in [1.82, 2.24) is 29.7 Å². The molecule has 0 radical (unpaired) electrons. The van der Waals surface area contributed by atoms with Gasteiger partial charge >= 0.3 is 0 Å². The van der Waals surface area contributed by atoms with Crippen LogP contribution >= 0.6 is 0 Å². The molecule has 9 nitrogen and oxygen atoms in total. The van der Waals surface area contributed by atoms with Gasteiger partial charge in [-0.3, -0.25) is 9.69 Å². The molecule has 7 rings (SSSR count). The summed E-state index contributed by atoms with van der Waals surface area (Å²) in [5.41, 5.74) is 5.07. The maximum absolute atomic E-state index is 13.9. The van der Waals surface area contributed by atoms with E-state index in [0.29, 0.717) is 23.5 Å². The molecule has 9 heteroatoms. The Bertz CT molecular complexity index is 1500. The number of carbonyl (C=O) groups is 1. The summed E-state index contributed by atoms with van der Waals surface area (Å²) in [7, 11) is 0. The van der Waals surface area contributed by atoms with Crippen LogP contribution in [0, 0.1) is 6.92 Å². The molecule has 0 atom stereocenters. The number of carbonyl (C=O) groups excluding carboxylic acids is 1. The molecule has 1 saturated carbocycles. The Morgan fingerprint density at radius 1 is 1.03 bits per heavy atom. The number of hydrogen-bond donors (Lipinski definition) is 2. The molecule has 3 aliphatic rings. The number of benzene rings is 2. The van der Waals surface area contributed by atoms with Crippen molar-refractivity contribution in [3.8, 4) is 0 Å². The Morgan fingerprint density at radius 2 is 1.84 bits per heavy atom. The second-order valence-corrected chi connectivity index (χ2v) is 10.8. The lowest BCUT2D eigenvalue weighted by Crippen LogP contribution is -2.50. The minimum atomic E-state index is 0.0446. The summed E-state index contributed by atoms with van der Waals surface area (Å²) < 4.78 is 5.52. The van der Waals surface area contributed by atoms with Gasteiger partial charge < -0.3 is 19.9 Å². The van der Waals surface area contributed by atoms with E-state index >= 15 is 0 Å². The number of nitrogens with one attached hydrogen (secondary N) is 2. The standard InChI is InChI=1S/C29H33N7O2/c1-18-3-2-4-20-17-30-29(34-25(18)20)31-21-15-23(26-24(16-21)32-27(33-26)19-5-6-19)28(37)36-9-7-22(8-10-36)35-11-13-38-14-12-35/h2-4,15-17,19,22H,5-14H2,1H3,(H,32,33)(H,30,31,34). The van der Waals surface area contributed by atoms with Crippen LogP contribution in [0.4, 0.5) is 11.6 Å². The van der Waals surface area contributed by atoms with Gasteiger partial charge in [-0.2, -0.15) is 0 Å². The fourth-order valence-corrected chi connectivity index (χ4v) is 5.86. The second-order valence-electron chi connectivity index (χ2n) is 10.8. The number of aryl methyl sites for hydroxylation is 1.